The van der Waals surface area contributed by atoms with Crippen molar-refractivity contribution in [1.29, 1.82) is 0 Å². The minimum atomic E-state index is 0.278. The van der Waals surface area contributed by atoms with E-state index in [-0.39, 0.29) is 5.54 Å². The summed E-state index contributed by atoms with van der Waals surface area (Å²) in [7, 11) is 0. The van der Waals surface area contributed by atoms with Gasteiger partial charge in [-0.15, -0.1) is 0 Å². The maximum absolute atomic E-state index is 3.26. The first-order valence-electron chi connectivity index (χ1n) is 3.77. The molecule has 0 bridgehead atoms. The Morgan fingerprint density at radius 2 is 1.60 bits per heavy atom. The summed E-state index contributed by atoms with van der Waals surface area (Å²) in [6.07, 6.45) is 0. The Morgan fingerprint density at radius 3 is 1.90 bits per heavy atom. The van der Waals surface area contributed by atoms with Crippen molar-refractivity contribution in [3.63, 3.8) is 0 Å². The van der Waals surface area contributed by atoms with Gasteiger partial charge >= 0.3 is 0 Å². The first kappa shape index (κ1) is 7.98. The van der Waals surface area contributed by atoms with Crippen LogP contribution in [0.3, 0.4) is 0 Å². The zero-order chi connectivity index (χ0) is 7.61. The smallest absolute Gasteiger partial charge is 0.0507 e. The van der Waals surface area contributed by atoms with E-state index in [9.17, 15) is 0 Å². The first-order chi connectivity index (χ1) is 4.61. The van der Waals surface area contributed by atoms with E-state index in [1.807, 2.05) is 0 Å². The van der Waals surface area contributed by atoms with E-state index in [0.29, 0.717) is 0 Å². The number of hydrogen-bond acceptors (Lipinski definition) is 3. The molecule has 1 aliphatic rings. The predicted molar refractivity (Wildman–Crippen MR) is 42.5 cm³/mol. The molecule has 0 aromatic carbocycles. The summed E-state index contributed by atoms with van der Waals surface area (Å²) in [5.41, 5.74) is 0.278. The third kappa shape index (κ3) is 1.94. The van der Waals surface area contributed by atoms with Crippen molar-refractivity contribution >= 4 is 0 Å². The van der Waals surface area contributed by atoms with E-state index in [1.165, 1.54) is 0 Å². The van der Waals surface area contributed by atoms with Gasteiger partial charge in [-0.2, -0.15) is 0 Å². The van der Waals surface area contributed by atoms with E-state index < -0.39 is 0 Å². The van der Waals surface area contributed by atoms with Crippen LogP contribution in [0.2, 0.25) is 0 Å². The molecule has 0 aromatic rings. The lowest BCUT2D eigenvalue weighted by molar-refractivity contribution is 0.0868. The quantitative estimate of drug-likeness (QED) is 0.505. The van der Waals surface area contributed by atoms with Gasteiger partial charge in [0.25, 0.3) is 0 Å². The highest BCUT2D eigenvalue weighted by molar-refractivity contribution is 4.76. The van der Waals surface area contributed by atoms with Crippen molar-refractivity contribution in [3.05, 3.63) is 0 Å². The predicted octanol–water partition coefficient (Wildman–Crippen LogP) is 0.152. The summed E-state index contributed by atoms with van der Waals surface area (Å²) < 4.78 is 0. The van der Waals surface area contributed by atoms with E-state index in [4.69, 9.17) is 0 Å². The minimum absolute atomic E-state index is 0.278. The molecule has 60 valence electrons. The molecule has 0 atom stereocenters. The molecule has 1 heterocycles. The molecule has 0 radical (unpaired) electrons. The topological polar surface area (TPSA) is 27.3 Å². The van der Waals surface area contributed by atoms with Crippen LogP contribution in [0.1, 0.15) is 20.8 Å². The zero-order valence-electron chi connectivity index (χ0n) is 7.07. The second kappa shape index (κ2) is 2.86. The summed E-state index contributed by atoms with van der Waals surface area (Å²) in [6, 6.07) is 0. The Kier molecular flexibility index (Phi) is 2.28. The van der Waals surface area contributed by atoms with Crippen molar-refractivity contribution in [3.8, 4) is 0 Å². The van der Waals surface area contributed by atoms with Gasteiger partial charge in [-0.3, -0.25) is 15.5 Å². The lowest BCUT2D eigenvalue weighted by Gasteiger charge is -2.38. The molecule has 1 rings (SSSR count). The fourth-order valence-electron chi connectivity index (χ4n) is 1.00. The monoisotopic (exact) mass is 143 g/mol. The Hall–Kier alpha value is -0.120. The van der Waals surface area contributed by atoms with Crippen molar-refractivity contribution < 1.29 is 0 Å². The Bertz CT molecular complexity index is 99.9. The van der Waals surface area contributed by atoms with Crippen LogP contribution in [0.25, 0.3) is 0 Å². The second-order valence-electron chi connectivity index (χ2n) is 3.70. The highest BCUT2D eigenvalue weighted by atomic mass is 15.4. The molecule has 0 aromatic heterocycles. The molecule has 1 fully saturated rings. The standard InChI is InChI=1S/C7H17N3/c1-7(2,3)10-5-8-4-9-6-10/h8-9H,4-6H2,1-3H3. The summed E-state index contributed by atoms with van der Waals surface area (Å²) in [4.78, 5) is 2.36. The van der Waals surface area contributed by atoms with Crippen LogP contribution in [-0.2, 0) is 0 Å². The van der Waals surface area contributed by atoms with Gasteiger partial charge in [0.1, 0.15) is 0 Å². The van der Waals surface area contributed by atoms with Gasteiger partial charge < -0.3 is 0 Å². The van der Waals surface area contributed by atoms with Crippen LogP contribution in [0.15, 0.2) is 0 Å². The molecule has 0 unspecified atom stereocenters. The van der Waals surface area contributed by atoms with Gasteiger partial charge in [0.15, 0.2) is 0 Å². The van der Waals surface area contributed by atoms with Crippen molar-refractivity contribution in [2.24, 2.45) is 0 Å². The molecule has 3 heteroatoms. The van der Waals surface area contributed by atoms with Gasteiger partial charge in [-0.1, -0.05) is 0 Å². The maximum atomic E-state index is 3.26. The van der Waals surface area contributed by atoms with Gasteiger partial charge in [0, 0.05) is 12.2 Å². The Morgan fingerprint density at radius 1 is 1.10 bits per heavy atom. The third-order valence-electron chi connectivity index (χ3n) is 1.80. The van der Waals surface area contributed by atoms with Gasteiger partial charge in [-0.05, 0) is 20.8 Å². The molecular weight excluding hydrogens is 126 g/mol. The van der Waals surface area contributed by atoms with Crippen molar-refractivity contribution in [1.82, 2.24) is 15.5 Å². The molecule has 1 saturated heterocycles. The lowest BCUT2D eigenvalue weighted by Crippen LogP contribution is -2.57. The lowest BCUT2D eigenvalue weighted by atomic mass is 10.1. The Labute approximate surface area is 62.8 Å². The molecule has 0 saturated carbocycles. The first-order valence-corrected chi connectivity index (χ1v) is 3.77. The number of nitrogens with zero attached hydrogens (tertiary/aromatic N) is 1. The summed E-state index contributed by atoms with van der Waals surface area (Å²) >= 11 is 0. The average Bonchev–Trinajstić information content (AvgIpc) is 1.88. The Balaban J connectivity index is 2.39. The molecule has 0 spiro atoms. The molecule has 1 aliphatic heterocycles. The van der Waals surface area contributed by atoms with E-state index in [0.717, 1.165) is 20.0 Å². The largest absolute Gasteiger partial charge is 0.292 e. The number of hydrogen-bond donors (Lipinski definition) is 2. The number of nitrogens with one attached hydrogen (secondary N) is 2. The summed E-state index contributed by atoms with van der Waals surface area (Å²) in [5.74, 6) is 0. The summed E-state index contributed by atoms with van der Waals surface area (Å²) in [6.45, 7) is 9.60. The van der Waals surface area contributed by atoms with Crippen LogP contribution in [0.4, 0.5) is 0 Å². The molecule has 0 amide bonds. The zero-order valence-corrected chi connectivity index (χ0v) is 7.07. The highest BCUT2D eigenvalue weighted by Crippen LogP contribution is 2.10. The van der Waals surface area contributed by atoms with Crippen LogP contribution >= 0.6 is 0 Å². The summed E-state index contributed by atoms with van der Waals surface area (Å²) in [5, 5.41) is 6.51. The third-order valence-corrected chi connectivity index (χ3v) is 1.80. The van der Waals surface area contributed by atoms with E-state index in [1.54, 1.807) is 0 Å². The van der Waals surface area contributed by atoms with Crippen LogP contribution < -0.4 is 10.6 Å². The van der Waals surface area contributed by atoms with E-state index >= 15 is 0 Å². The molecule has 3 nitrogen and oxygen atoms in total. The molecule has 2 N–H and O–H groups in total. The normalized spacial score (nSPS) is 23.1. The second-order valence-corrected chi connectivity index (χ2v) is 3.70. The minimum Gasteiger partial charge on any atom is -0.292 e. The maximum Gasteiger partial charge on any atom is 0.0507 e. The highest BCUT2D eigenvalue weighted by Gasteiger charge is 2.21. The van der Waals surface area contributed by atoms with E-state index in [2.05, 4.69) is 36.3 Å². The van der Waals surface area contributed by atoms with Crippen molar-refractivity contribution in [2.45, 2.75) is 26.3 Å². The fourth-order valence-corrected chi connectivity index (χ4v) is 1.00. The molecular formula is C7H17N3. The van der Waals surface area contributed by atoms with Crippen LogP contribution in [0.5, 0.6) is 0 Å². The molecule has 10 heavy (non-hydrogen) atoms. The number of rotatable bonds is 0. The molecule has 0 aliphatic carbocycles. The fraction of sp³-hybridized carbons (Fsp3) is 1.00. The van der Waals surface area contributed by atoms with Gasteiger partial charge in [-0.25, -0.2) is 0 Å². The van der Waals surface area contributed by atoms with Gasteiger partial charge in [0.05, 0.1) is 13.3 Å². The average molecular weight is 143 g/mol. The van der Waals surface area contributed by atoms with Crippen molar-refractivity contribution in [2.75, 3.05) is 20.0 Å². The van der Waals surface area contributed by atoms with Crippen LogP contribution in [-0.4, -0.2) is 30.4 Å². The SMILES string of the molecule is CC(C)(C)N1CNCNC1. The van der Waals surface area contributed by atoms with Gasteiger partial charge in [0.2, 0.25) is 0 Å². The van der Waals surface area contributed by atoms with Crippen LogP contribution in [0, 0.1) is 0 Å².